The Labute approximate surface area is 163 Å². The molecule has 2 amide bonds. The van der Waals surface area contributed by atoms with Crippen molar-refractivity contribution < 1.29 is 14.1 Å². The second kappa shape index (κ2) is 7.22. The highest BCUT2D eigenvalue weighted by Crippen LogP contribution is 2.45. The van der Waals surface area contributed by atoms with E-state index in [4.69, 9.17) is 9.26 Å². The minimum atomic E-state index is 0.0199. The number of aromatic amines is 1. The van der Waals surface area contributed by atoms with Crippen molar-refractivity contribution in [1.82, 2.24) is 20.4 Å². The van der Waals surface area contributed by atoms with Crippen molar-refractivity contribution in [1.29, 1.82) is 0 Å². The molecule has 2 aromatic heterocycles. The van der Waals surface area contributed by atoms with Crippen molar-refractivity contribution >= 4 is 16.9 Å². The fourth-order valence-electron chi connectivity index (χ4n) is 3.84. The largest absolute Gasteiger partial charge is 0.487 e. The molecule has 1 saturated heterocycles. The number of rotatable bonds is 6. The minimum absolute atomic E-state index is 0.0199. The number of hydrogen-bond acceptors (Lipinski definition) is 4. The van der Waals surface area contributed by atoms with Gasteiger partial charge >= 0.3 is 6.03 Å². The Morgan fingerprint density at radius 1 is 1.29 bits per heavy atom. The standard InChI is InChI=1S/C21H24N4O3/c26-21(25-6-1-2-7-25)22-12-17-9-15-10-18(14-3-4-14)20(11-19(15)23-17)27-13-16-5-8-28-24-16/h5,8-11,14,23H,1-4,6-7,12-13H2,(H,22,26). The lowest BCUT2D eigenvalue weighted by atomic mass is 10.1. The van der Waals surface area contributed by atoms with Crippen LogP contribution in [-0.2, 0) is 13.2 Å². The Morgan fingerprint density at radius 3 is 2.89 bits per heavy atom. The van der Waals surface area contributed by atoms with Crippen LogP contribution in [0.2, 0.25) is 0 Å². The van der Waals surface area contributed by atoms with Crippen LogP contribution in [0.5, 0.6) is 5.75 Å². The molecule has 5 rings (SSSR count). The molecule has 7 nitrogen and oxygen atoms in total. The summed E-state index contributed by atoms with van der Waals surface area (Å²) >= 11 is 0. The van der Waals surface area contributed by atoms with Gasteiger partial charge in [-0.3, -0.25) is 0 Å². The average Bonchev–Trinajstić information content (AvgIpc) is 3.12. The Hall–Kier alpha value is -2.96. The van der Waals surface area contributed by atoms with E-state index in [1.54, 1.807) is 6.26 Å². The zero-order chi connectivity index (χ0) is 18.9. The molecule has 3 aromatic rings. The van der Waals surface area contributed by atoms with Crippen LogP contribution in [0.3, 0.4) is 0 Å². The van der Waals surface area contributed by atoms with E-state index in [1.165, 1.54) is 18.4 Å². The molecule has 1 aromatic carbocycles. The molecular weight excluding hydrogens is 356 g/mol. The van der Waals surface area contributed by atoms with Gasteiger partial charge in [-0.05, 0) is 49.3 Å². The first kappa shape index (κ1) is 17.2. The zero-order valence-corrected chi connectivity index (χ0v) is 15.7. The summed E-state index contributed by atoms with van der Waals surface area (Å²) in [7, 11) is 0. The normalized spacial score (nSPS) is 16.6. The van der Waals surface area contributed by atoms with Gasteiger partial charge in [0.2, 0.25) is 0 Å². The molecular formula is C21H24N4O3. The molecule has 28 heavy (non-hydrogen) atoms. The summed E-state index contributed by atoms with van der Waals surface area (Å²) in [6.07, 6.45) is 6.16. The SMILES string of the molecule is O=C(NCc1cc2cc(C3CC3)c(OCc3ccon3)cc2[nH]1)N1CCCC1. The molecule has 7 heteroatoms. The van der Waals surface area contributed by atoms with Crippen molar-refractivity contribution in [2.75, 3.05) is 13.1 Å². The Kier molecular flexibility index (Phi) is 4.43. The fourth-order valence-corrected chi connectivity index (χ4v) is 3.84. The lowest BCUT2D eigenvalue weighted by molar-refractivity contribution is 0.208. The summed E-state index contributed by atoms with van der Waals surface area (Å²) < 4.78 is 10.9. The second-order valence-corrected chi connectivity index (χ2v) is 7.68. The van der Waals surface area contributed by atoms with Gasteiger partial charge in [-0.15, -0.1) is 0 Å². The molecule has 1 saturated carbocycles. The van der Waals surface area contributed by atoms with E-state index in [9.17, 15) is 4.79 Å². The zero-order valence-electron chi connectivity index (χ0n) is 15.7. The van der Waals surface area contributed by atoms with E-state index in [1.807, 2.05) is 11.0 Å². The molecule has 0 bridgehead atoms. The van der Waals surface area contributed by atoms with Gasteiger partial charge in [-0.1, -0.05) is 5.16 Å². The topological polar surface area (TPSA) is 83.4 Å². The lowest BCUT2D eigenvalue weighted by Crippen LogP contribution is -2.37. The first-order valence-corrected chi connectivity index (χ1v) is 9.96. The maximum absolute atomic E-state index is 12.2. The quantitative estimate of drug-likeness (QED) is 0.679. The number of likely N-dealkylation sites (tertiary alicyclic amines) is 1. The molecule has 0 atom stereocenters. The number of ether oxygens (including phenoxy) is 1. The fraction of sp³-hybridized carbons (Fsp3) is 0.429. The molecule has 3 heterocycles. The Morgan fingerprint density at radius 2 is 2.14 bits per heavy atom. The van der Waals surface area contributed by atoms with Crippen LogP contribution < -0.4 is 10.1 Å². The van der Waals surface area contributed by atoms with Gasteiger partial charge in [-0.2, -0.15) is 0 Å². The van der Waals surface area contributed by atoms with Gasteiger partial charge in [0.05, 0.1) is 6.54 Å². The van der Waals surface area contributed by atoms with Crippen molar-refractivity contribution in [3.8, 4) is 5.75 Å². The Bertz CT molecular complexity index is 969. The molecule has 0 unspecified atom stereocenters. The van der Waals surface area contributed by atoms with Gasteiger partial charge < -0.3 is 24.5 Å². The lowest BCUT2D eigenvalue weighted by Gasteiger charge is -2.15. The van der Waals surface area contributed by atoms with E-state index in [2.05, 4.69) is 33.7 Å². The molecule has 0 spiro atoms. The van der Waals surface area contributed by atoms with Gasteiger partial charge in [0.15, 0.2) is 0 Å². The molecule has 0 radical (unpaired) electrons. The van der Waals surface area contributed by atoms with Crippen LogP contribution >= 0.6 is 0 Å². The van der Waals surface area contributed by atoms with Crippen LogP contribution in [0.25, 0.3) is 10.9 Å². The number of urea groups is 1. The van der Waals surface area contributed by atoms with Crippen LogP contribution in [0.4, 0.5) is 4.79 Å². The average molecular weight is 380 g/mol. The number of fused-ring (bicyclic) bond motifs is 1. The number of benzene rings is 1. The predicted molar refractivity (Wildman–Crippen MR) is 104 cm³/mol. The molecule has 2 fully saturated rings. The van der Waals surface area contributed by atoms with Crippen LogP contribution in [0, 0.1) is 0 Å². The minimum Gasteiger partial charge on any atom is -0.487 e. The number of nitrogens with one attached hydrogen (secondary N) is 2. The monoisotopic (exact) mass is 380 g/mol. The first-order chi connectivity index (χ1) is 13.8. The highest BCUT2D eigenvalue weighted by atomic mass is 16.5. The van der Waals surface area contributed by atoms with Crippen molar-refractivity contribution in [2.45, 2.75) is 44.8 Å². The second-order valence-electron chi connectivity index (χ2n) is 7.68. The first-order valence-electron chi connectivity index (χ1n) is 9.96. The smallest absolute Gasteiger partial charge is 0.317 e. The highest BCUT2D eigenvalue weighted by molar-refractivity contribution is 5.84. The number of carbonyl (C=O) groups is 1. The van der Waals surface area contributed by atoms with E-state index in [0.29, 0.717) is 19.1 Å². The van der Waals surface area contributed by atoms with Crippen LogP contribution in [0.1, 0.15) is 48.6 Å². The number of H-pyrrole nitrogens is 1. The summed E-state index contributed by atoms with van der Waals surface area (Å²) in [6, 6.07) is 8.23. The predicted octanol–water partition coefficient (Wildman–Crippen LogP) is 3.92. The summed E-state index contributed by atoms with van der Waals surface area (Å²) in [5.74, 6) is 1.47. The highest BCUT2D eigenvalue weighted by Gasteiger charge is 2.27. The number of hydrogen-bond donors (Lipinski definition) is 2. The molecule has 2 aliphatic rings. The molecule has 1 aliphatic carbocycles. The van der Waals surface area contributed by atoms with E-state index < -0.39 is 0 Å². The number of nitrogens with zero attached hydrogens (tertiary/aromatic N) is 2. The third kappa shape index (κ3) is 3.56. The third-order valence-electron chi connectivity index (χ3n) is 5.51. The van der Waals surface area contributed by atoms with Crippen molar-refractivity contribution in [2.24, 2.45) is 0 Å². The van der Waals surface area contributed by atoms with E-state index >= 15 is 0 Å². The van der Waals surface area contributed by atoms with Gasteiger partial charge in [0, 0.05) is 41.8 Å². The Balaban J connectivity index is 1.32. The van der Waals surface area contributed by atoms with Gasteiger partial charge in [0.1, 0.15) is 24.3 Å². The number of aromatic nitrogens is 2. The number of amides is 2. The van der Waals surface area contributed by atoms with Gasteiger partial charge in [-0.25, -0.2) is 4.79 Å². The van der Waals surface area contributed by atoms with E-state index in [-0.39, 0.29) is 6.03 Å². The summed E-state index contributed by atoms with van der Waals surface area (Å²) in [4.78, 5) is 17.5. The summed E-state index contributed by atoms with van der Waals surface area (Å²) in [5, 5.41) is 8.08. The third-order valence-corrected chi connectivity index (χ3v) is 5.51. The van der Waals surface area contributed by atoms with E-state index in [0.717, 1.165) is 54.0 Å². The van der Waals surface area contributed by atoms with Crippen LogP contribution in [-0.4, -0.2) is 34.2 Å². The van der Waals surface area contributed by atoms with Gasteiger partial charge in [0.25, 0.3) is 0 Å². The van der Waals surface area contributed by atoms with Crippen LogP contribution in [0.15, 0.2) is 35.1 Å². The molecule has 1 aliphatic heterocycles. The van der Waals surface area contributed by atoms with Crippen molar-refractivity contribution in [3.05, 3.63) is 47.5 Å². The maximum atomic E-state index is 12.2. The molecule has 2 N–H and O–H groups in total. The number of carbonyl (C=O) groups excluding carboxylic acids is 1. The summed E-state index contributed by atoms with van der Waals surface area (Å²) in [6.45, 7) is 2.60. The maximum Gasteiger partial charge on any atom is 0.317 e. The molecule has 146 valence electrons. The summed E-state index contributed by atoms with van der Waals surface area (Å²) in [5.41, 5.74) is 4.05. The van der Waals surface area contributed by atoms with Crippen molar-refractivity contribution in [3.63, 3.8) is 0 Å².